The number of thioether (sulfide) groups is 1. The fourth-order valence-electron chi connectivity index (χ4n) is 4.47. The minimum absolute atomic E-state index is 0.0893. The van der Waals surface area contributed by atoms with E-state index in [0.29, 0.717) is 24.6 Å². The number of nitrogens with two attached hydrogens (primary N) is 1. The molecular weight excluding hydrogens is 528 g/mol. The SMILES string of the molecule is CC(C)(C)Sc1c(CC(C)(C)C(=O)O)n(Cc2ccc(Cl)cc2)c2ccc(OCC(N)c3ccccc3)cc12. The summed E-state index contributed by atoms with van der Waals surface area (Å²) in [5.74, 6) is -0.0891. The third-order valence-corrected chi connectivity index (χ3v) is 8.12. The number of ether oxygens (including phenoxy) is 1. The molecule has 206 valence electrons. The van der Waals surface area contributed by atoms with Crippen molar-refractivity contribution in [2.75, 3.05) is 6.61 Å². The summed E-state index contributed by atoms with van der Waals surface area (Å²) >= 11 is 7.91. The molecule has 39 heavy (non-hydrogen) atoms. The first-order valence-electron chi connectivity index (χ1n) is 13.1. The van der Waals surface area contributed by atoms with Gasteiger partial charge in [-0.2, -0.15) is 0 Å². The molecular formula is C32H37ClN2O3S. The molecule has 0 fully saturated rings. The lowest BCUT2D eigenvalue weighted by Gasteiger charge is -2.24. The van der Waals surface area contributed by atoms with Gasteiger partial charge in [0.1, 0.15) is 12.4 Å². The number of rotatable bonds is 10. The number of hydrogen-bond donors (Lipinski definition) is 2. The number of aromatic nitrogens is 1. The number of benzene rings is 3. The Morgan fingerprint density at radius 2 is 1.69 bits per heavy atom. The quantitative estimate of drug-likeness (QED) is 0.191. The second-order valence-corrected chi connectivity index (χ2v) is 13.8. The number of hydrogen-bond acceptors (Lipinski definition) is 4. The summed E-state index contributed by atoms with van der Waals surface area (Å²) in [6.07, 6.45) is 0.387. The fraction of sp³-hybridized carbons (Fsp3) is 0.344. The summed E-state index contributed by atoms with van der Waals surface area (Å²) in [4.78, 5) is 13.3. The molecule has 5 nitrogen and oxygen atoms in total. The average Bonchev–Trinajstić information content (AvgIpc) is 3.14. The monoisotopic (exact) mass is 564 g/mol. The molecule has 0 saturated carbocycles. The van der Waals surface area contributed by atoms with E-state index in [0.717, 1.165) is 38.4 Å². The van der Waals surface area contributed by atoms with E-state index < -0.39 is 11.4 Å². The van der Waals surface area contributed by atoms with E-state index in [4.69, 9.17) is 22.1 Å². The molecule has 0 spiro atoms. The van der Waals surface area contributed by atoms with Crippen molar-refractivity contribution in [2.24, 2.45) is 11.1 Å². The largest absolute Gasteiger partial charge is 0.492 e. The number of aliphatic carboxylic acids is 1. The van der Waals surface area contributed by atoms with Crippen LogP contribution in [0.3, 0.4) is 0 Å². The number of nitrogens with zero attached hydrogens (tertiary/aromatic N) is 1. The first-order valence-corrected chi connectivity index (χ1v) is 14.3. The lowest BCUT2D eigenvalue weighted by atomic mass is 9.88. The molecule has 7 heteroatoms. The van der Waals surface area contributed by atoms with Gasteiger partial charge in [-0.15, -0.1) is 11.8 Å². The van der Waals surface area contributed by atoms with Crippen LogP contribution in [-0.2, 0) is 17.8 Å². The van der Waals surface area contributed by atoms with E-state index >= 15 is 0 Å². The Labute approximate surface area is 240 Å². The molecule has 3 N–H and O–H groups in total. The van der Waals surface area contributed by atoms with Gasteiger partial charge in [0.05, 0.1) is 11.5 Å². The van der Waals surface area contributed by atoms with Crippen LogP contribution in [0.1, 0.15) is 57.5 Å². The average molecular weight is 565 g/mol. The predicted molar refractivity (Wildman–Crippen MR) is 162 cm³/mol. The Bertz CT molecular complexity index is 1440. The van der Waals surface area contributed by atoms with E-state index in [-0.39, 0.29) is 10.8 Å². The summed E-state index contributed by atoms with van der Waals surface area (Å²) in [7, 11) is 0. The van der Waals surface area contributed by atoms with Crippen LogP contribution < -0.4 is 10.5 Å². The first kappa shape index (κ1) is 29.1. The van der Waals surface area contributed by atoms with Crippen LogP contribution in [0.5, 0.6) is 5.75 Å². The highest BCUT2D eigenvalue weighted by atomic mass is 35.5. The van der Waals surface area contributed by atoms with Gasteiger partial charge < -0.3 is 20.1 Å². The molecule has 3 aromatic carbocycles. The van der Waals surface area contributed by atoms with E-state index in [1.807, 2.05) is 60.7 Å². The predicted octanol–water partition coefficient (Wildman–Crippen LogP) is 7.97. The van der Waals surface area contributed by atoms with E-state index in [9.17, 15) is 9.90 Å². The van der Waals surface area contributed by atoms with Crippen LogP contribution in [0.4, 0.5) is 0 Å². The van der Waals surface area contributed by atoms with Gasteiger partial charge in [0.2, 0.25) is 0 Å². The Morgan fingerprint density at radius 3 is 2.31 bits per heavy atom. The van der Waals surface area contributed by atoms with Crippen molar-refractivity contribution >= 4 is 40.2 Å². The maximum atomic E-state index is 12.2. The molecule has 0 saturated heterocycles. The zero-order valence-electron chi connectivity index (χ0n) is 23.2. The third kappa shape index (κ3) is 7.18. The molecule has 1 heterocycles. The van der Waals surface area contributed by atoms with Gasteiger partial charge in [0.25, 0.3) is 0 Å². The zero-order chi connectivity index (χ0) is 28.4. The van der Waals surface area contributed by atoms with Gasteiger partial charge in [-0.25, -0.2) is 0 Å². The molecule has 1 atom stereocenters. The molecule has 0 bridgehead atoms. The molecule has 0 amide bonds. The highest BCUT2D eigenvalue weighted by molar-refractivity contribution is 8.00. The maximum absolute atomic E-state index is 12.2. The molecule has 4 rings (SSSR count). The van der Waals surface area contributed by atoms with Crippen LogP contribution in [0.25, 0.3) is 10.9 Å². The van der Waals surface area contributed by atoms with Crippen molar-refractivity contribution in [3.05, 3.63) is 94.6 Å². The van der Waals surface area contributed by atoms with Crippen LogP contribution >= 0.6 is 23.4 Å². The van der Waals surface area contributed by atoms with Crippen molar-refractivity contribution in [2.45, 2.75) is 63.3 Å². The number of fused-ring (bicyclic) bond motifs is 1. The van der Waals surface area contributed by atoms with Crippen molar-refractivity contribution in [3.63, 3.8) is 0 Å². The van der Waals surface area contributed by atoms with Crippen LogP contribution in [0.2, 0.25) is 5.02 Å². The second kappa shape index (κ2) is 11.7. The molecule has 0 aliphatic carbocycles. The summed E-state index contributed by atoms with van der Waals surface area (Å²) in [6.45, 7) is 11.0. The molecule has 1 unspecified atom stereocenters. The zero-order valence-corrected chi connectivity index (χ0v) is 24.8. The topological polar surface area (TPSA) is 77.5 Å². The van der Waals surface area contributed by atoms with E-state index in [2.05, 4.69) is 37.5 Å². The van der Waals surface area contributed by atoms with Crippen molar-refractivity contribution < 1.29 is 14.6 Å². The Balaban J connectivity index is 1.81. The standard InChI is InChI=1S/C32H37ClN2O3S/c1-31(2,3)39-29-25-17-24(38-20-26(34)22-9-7-6-8-10-22)15-16-27(25)35(19-21-11-13-23(33)14-12-21)28(29)18-32(4,5)30(36)37/h6-17,26H,18-20,34H2,1-5H3,(H,36,37). The number of halogens is 1. The van der Waals surface area contributed by atoms with Gasteiger partial charge in [0, 0.05) is 44.2 Å². The second-order valence-electron chi connectivity index (χ2n) is 11.6. The first-order chi connectivity index (χ1) is 18.3. The Hall–Kier alpha value is -2.93. The van der Waals surface area contributed by atoms with Crippen LogP contribution in [-0.4, -0.2) is 27.0 Å². The van der Waals surface area contributed by atoms with Crippen LogP contribution in [0, 0.1) is 5.41 Å². The number of carbonyl (C=O) groups is 1. The van der Waals surface area contributed by atoms with Gasteiger partial charge in [-0.05, 0) is 55.3 Å². The minimum Gasteiger partial charge on any atom is -0.492 e. The van der Waals surface area contributed by atoms with Crippen molar-refractivity contribution in [3.8, 4) is 5.75 Å². The van der Waals surface area contributed by atoms with Gasteiger partial charge in [-0.3, -0.25) is 4.79 Å². The highest BCUT2D eigenvalue weighted by Crippen LogP contribution is 2.44. The smallest absolute Gasteiger partial charge is 0.309 e. The molecule has 0 aliphatic heterocycles. The summed E-state index contributed by atoms with van der Waals surface area (Å²) in [5.41, 5.74) is 9.60. The summed E-state index contributed by atoms with van der Waals surface area (Å²) in [5, 5.41) is 11.7. The number of carboxylic acid groups (broad SMARTS) is 1. The van der Waals surface area contributed by atoms with Gasteiger partial charge >= 0.3 is 5.97 Å². The molecule has 0 radical (unpaired) electrons. The summed E-state index contributed by atoms with van der Waals surface area (Å²) < 4.78 is 8.34. The molecule has 0 aliphatic rings. The molecule has 1 aromatic heterocycles. The fourth-order valence-corrected chi connectivity index (χ4v) is 5.78. The van der Waals surface area contributed by atoms with Gasteiger partial charge in [-0.1, -0.05) is 74.8 Å². The van der Waals surface area contributed by atoms with E-state index in [1.54, 1.807) is 25.6 Å². The summed E-state index contributed by atoms with van der Waals surface area (Å²) in [6, 6.07) is 23.6. The normalized spacial score (nSPS) is 13.0. The lowest BCUT2D eigenvalue weighted by molar-refractivity contribution is -0.146. The Morgan fingerprint density at radius 1 is 1.03 bits per heavy atom. The minimum atomic E-state index is -0.943. The van der Waals surface area contributed by atoms with Crippen molar-refractivity contribution in [1.82, 2.24) is 4.57 Å². The highest BCUT2D eigenvalue weighted by Gasteiger charge is 2.32. The lowest BCUT2D eigenvalue weighted by Crippen LogP contribution is -2.28. The van der Waals surface area contributed by atoms with Crippen LogP contribution in [0.15, 0.2) is 77.7 Å². The number of carboxylic acids is 1. The molecule has 4 aromatic rings. The third-order valence-electron chi connectivity index (χ3n) is 6.60. The Kier molecular flexibility index (Phi) is 8.69. The van der Waals surface area contributed by atoms with E-state index in [1.165, 1.54) is 0 Å². The maximum Gasteiger partial charge on any atom is 0.309 e. The van der Waals surface area contributed by atoms with Crippen molar-refractivity contribution in [1.29, 1.82) is 0 Å². The van der Waals surface area contributed by atoms with Gasteiger partial charge in [0.15, 0.2) is 0 Å².